The van der Waals surface area contributed by atoms with Gasteiger partial charge in [-0.1, -0.05) is 93.3 Å². The van der Waals surface area contributed by atoms with Crippen LogP contribution in [-0.4, -0.2) is 28.2 Å². The summed E-state index contributed by atoms with van der Waals surface area (Å²) in [6, 6.07) is 17.4. The van der Waals surface area contributed by atoms with Crippen molar-refractivity contribution in [2.24, 2.45) is 0 Å². The van der Waals surface area contributed by atoms with Gasteiger partial charge < -0.3 is 20.1 Å². The lowest BCUT2D eigenvalue weighted by molar-refractivity contribution is 0.104. The summed E-state index contributed by atoms with van der Waals surface area (Å²) in [5, 5.41) is 32.1. The van der Waals surface area contributed by atoms with Crippen molar-refractivity contribution in [2.75, 3.05) is 7.11 Å². The van der Waals surface area contributed by atoms with Gasteiger partial charge in [0.05, 0.1) is 7.11 Å². The Kier molecular flexibility index (Phi) is 10.4. The lowest BCUT2D eigenvalue weighted by Crippen LogP contribution is -2.06. The number of phenols is 3. The van der Waals surface area contributed by atoms with Crippen LogP contribution in [-0.2, 0) is 0 Å². The number of ketones is 1. The molecule has 0 saturated carbocycles. The predicted octanol–water partition coefficient (Wildman–Crippen LogP) is 7.76. The molecule has 0 amide bonds. The number of benzene rings is 3. The van der Waals surface area contributed by atoms with Crippen LogP contribution in [0.15, 0.2) is 78.9 Å². The number of methoxy groups -OCH3 is 1. The summed E-state index contributed by atoms with van der Waals surface area (Å²) in [6.07, 6.45) is 13.7. The Balaban J connectivity index is 2.00. The number of unbranched alkanes of at least 4 members (excludes halogenated alkanes) is 5. The van der Waals surface area contributed by atoms with Crippen LogP contribution in [0, 0.1) is 0 Å². The fourth-order valence-electron chi connectivity index (χ4n) is 4.33. The smallest absolute Gasteiger partial charge is 0.193 e. The van der Waals surface area contributed by atoms with E-state index in [1.165, 1.54) is 38.5 Å². The van der Waals surface area contributed by atoms with Gasteiger partial charge in [-0.25, -0.2) is 0 Å². The summed E-state index contributed by atoms with van der Waals surface area (Å²) in [4.78, 5) is 13.2. The highest BCUT2D eigenvalue weighted by Gasteiger charge is 2.27. The fourth-order valence-corrected chi connectivity index (χ4v) is 4.33. The van der Waals surface area contributed by atoms with Crippen molar-refractivity contribution in [1.82, 2.24) is 0 Å². The van der Waals surface area contributed by atoms with Gasteiger partial charge in [-0.3, -0.25) is 4.79 Å². The Morgan fingerprint density at radius 1 is 0.946 bits per heavy atom. The highest BCUT2D eigenvalue weighted by atomic mass is 16.5. The Bertz CT molecular complexity index is 1210. The zero-order chi connectivity index (χ0) is 26.6. The van der Waals surface area contributed by atoms with E-state index < -0.39 is 11.7 Å². The van der Waals surface area contributed by atoms with E-state index in [2.05, 4.69) is 6.92 Å². The first kappa shape index (κ1) is 27.6. The Hall–Kier alpha value is -3.99. The summed E-state index contributed by atoms with van der Waals surface area (Å²) >= 11 is 0. The molecule has 0 heterocycles. The third-order valence-corrected chi connectivity index (χ3v) is 6.34. The SMILES string of the molecule is CCCCCCCC=CC(c1ccc(O)cc1)c1c(O)cc(OC)c(C(=O)C=Cc2ccccc2)c1O. The average molecular weight is 501 g/mol. The molecule has 1 unspecified atom stereocenters. The maximum absolute atomic E-state index is 13.2. The first-order chi connectivity index (χ1) is 18.0. The molecular weight excluding hydrogens is 464 g/mol. The van der Waals surface area contributed by atoms with Crippen LogP contribution in [0.2, 0.25) is 0 Å². The Morgan fingerprint density at radius 3 is 2.32 bits per heavy atom. The second kappa shape index (κ2) is 13.9. The quantitative estimate of drug-likeness (QED) is 0.0966. The van der Waals surface area contributed by atoms with E-state index in [1.54, 1.807) is 30.3 Å². The van der Waals surface area contributed by atoms with Crippen LogP contribution >= 0.6 is 0 Å². The van der Waals surface area contributed by atoms with Gasteiger partial charge in [0.1, 0.15) is 28.6 Å². The minimum atomic E-state index is -0.535. The fraction of sp³-hybridized carbons (Fsp3) is 0.281. The van der Waals surface area contributed by atoms with Crippen molar-refractivity contribution < 1.29 is 24.9 Å². The Labute approximate surface area is 219 Å². The molecule has 5 heteroatoms. The molecule has 0 aliphatic rings. The van der Waals surface area contributed by atoms with Crippen LogP contribution < -0.4 is 4.74 Å². The van der Waals surface area contributed by atoms with E-state index in [0.29, 0.717) is 0 Å². The predicted molar refractivity (Wildman–Crippen MR) is 149 cm³/mol. The summed E-state index contributed by atoms with van der Waals surface area (Å²) in [6.45, 7) is 2.19. The number of hydrogen-bond acceptors (Lipinski definition) is 5. The molecule has 3 N–H and O–H groups in total. The molecule has 0 saturated heterocycles. The second-order valence-corrected chi connectivity index (χ2v) is 9.04. The summed E-state index contributed by atoms with van der Waals surface area (Å²) in [7, 11) is 1.39. The van der Waals surface area contributed by atoms with Gasteiger partial charge in [0, 0.05) is 17.5 Å². The maximum Gasteiger partial charge on any atom is 0.193 e. The van der Waals surface area contributed by atoms with Crippen molar-refractivity contribution in [3.05, 3.63) is 101 Å². The van der Waals surface area contributed by atoms with Crippen molar-refractivity contribution in [3.8, 4) is 23.0 Å². The molecular formula is C32H36O5. The van der Waals surface area contributed by atoms with E-state index >= 15 is 0 Å². The van der Waals surface area contributed by atoms with Crippen molar-refractivity contribution >= 4 is 11.9 Å². The van der Waals surface area contributed by atoms with Gasteiger partial charge in [0.25, 0.3) is 0 Å². The van der Waals surface area contributed by atoms with E-state index in [9.17, 15) is 20.1 Å². The van der Waals surface area contributed by atoms with Gasteiger partial charge in [-0.15, -0.1) is 0 Å². The molecule has 0 bridgehead atoms. The minimum Gasteiger partial charge on any atom is -0.508 e. The molecule has 194 valence electrons. The normalized spacial score (nSPS) is 12.3. The lowest BCUT2D eigenvalue weighted by atomic mass is 9.87. The molecule has 0 aromatic heterocycles. The monoisotopic (exact) mass is 500 g/mol. The minimum absolute atomic E-state index is 0.0146. The molecule has 37 heavy (non-hydrogen) atoms. The van der Waals surface area contributed by atoms with E-state index in [0.717, 1.165) is 30.4 Å². The number of ether oxygens (including phenoxy) is 1. The van der Waals surface area contributed by atoms with Gasteiger partial charge in [-0.2, -0.15) is 0 Å². The van der Waals surface area contributed by atoms with E-state index in [4.69, 9.17) is 4.74 Å². The molecule has 0 fully saturated rings. The molecule has 0 spiro atoms. The van der Waals surface area contributed by atoms with Crippen LogP contribution in [0.4, 0.5) is 0 Å². The maximum atomic E-state index is 13.2. The first-order valence-electron chi connectivity index (χ1n) is 12.8. The summed E-state index contributed by atoms with van der Waals surface area (Å²) in [5.41, 5.74) is 1.80. The van der Waals surface area contributed by atoms with Crippen LogP contribution in [0.3, 0.4) is 0 Å². The standard InChI is InChI=1S/C32H36O5/c1-3-4-5-6-7-8-12-15-26(24-17-19-25(33)20-18-24)30-28(35)22-29(37-2)31(32(30)36)27(34)21-16-23-13-10-9-11-14-23/h9-22,26,33,35-36H,3-8H2,1-2H3. The number of phenolic OH excluding ortho intramolecular Hbond substituents is 3. The van der Waals surface area contributed by atoms with Crippen LogP contribution in [0.5, 0.6) is 23.0 Å². The highest BCUT2D eigenvalue weighted by Crippen LogP contribution is 2.45. The van der Waals surface area contributed by atoms with Crippen LogP contribution in [0.25, 0.3) is 6.08 Å². The second-order valence-electron chi connectivity index (χ2n) is 9.04. The largest absolute Gasteiger partial charge is 0.508 e. The van der Waals surface area contributed by atoms with Crippen molar-refractivity contribution in [3.63, 3.8) is 0 Å². The average Bonchev–Trinajstić information content (AvgIpc) is 2.91. The molecule has 0 aliphatic carbocycles. The zero-order valence-corrected chi connectivity index (χ0v) is 21.6. The lowest BCUT2D eigenvalue weighted by Gasteiger charge is -2.20. The summed E-state index contributed by atoms with van der Waals surface area (Å²) in [5.74, 6) is -1.28. The molecule has 3 rings (SSSR count). The Morgan fingerprint density at radius 2 is 1.65 bits per heavy atom. The van der Waals surface area contributed by atoms with Crippen LogP contribution in [0.1, 0.15) is 78.4 Å². The summed E-state index contributed by atoms with van der Waals surface area (Å²) < 4.78 is 5.36. The van der Waals surface area contributed by atoms with E-state index in [-0.39, 0.29) is 34.1 Å². The third-order valence-electron chi connectivity index (χ3n) is 6.34. The number of carbonyl (C=O) groups is 1. The number of rotatable bonds is 13. The first-order valence-corrected chi connectivity index (χ1v) is 12.8. The molecule has 1 atom stereocenters. The van der Waals surface area contributed by atoms with Gasteiger partial charge in [0.15, 0.2) is 5.78 Å². The van der Waals surface area contributed by atoms with E-state index in [1.807, 2.05) is 42.5 Å². The molecule has 3 aromatic rings. The van der Waals surface area contributed by atoms with Crippen molar-refractivity contribution in [2.45, 2.75) is 51.4 Å². The topological polar surface area (TPSA) is 87.0 Å². The third kappa shape index (κ3) is 7.50. The molecule has 0 radical (unpaired) electrons. The van der Waals surface area contributed by atoms with Gasteiger partial charge in [0.2, 0.25) is 0 Å². The number of hydrogen-bond donors (Lipinski definition) is 3. The molecule has 5 nitrogen and oxygen atoms in total. The zero-order valence-electron chi connectivity index (χ0n) is 21.6. The van der Waals surface area contributed by atoms with Gasteiger partial charge >= 0.3 is 0 Å². The number of allylic oxidation sites excluding steroid dienone is 3. The molecule has 3 aromatic carbocycles. The van der Waals surface area contributed by atoms with Gasteiger partial charge in [-0.05, 0) is 42.2 Å². The number of carbonyl (C=O) groups excluding carboxylic acids is 1. The molecule has 0 aliphatic heterocycles. The number of aromatic hydroxyl groups is 3. The van der Waals surface area contributed by atoms with Crippen molar-refractivity contribution in [1.29, 1.82) is 0 Å². The highest BCUT2D eigenvalue weighted by molar-refractivity contribution is 6.11.